The third-order valence-electron chi connectivity index (χ3n) is 10.1. The number of nitrogens with zero attached hydrogens (tertiary/aromatic N) is 2. The number of fused-ring (bicyclic) bond motifs is 5. The van der Waals surface area contributed by atoms with Crippen LogP contribution in [0.4, 0.5) is 17.2 Å². The highest BCUT2D eigenvalue weighted by Crippen LogP contribution is 2.51. The van der Waals surface area contributed by atoms with Crippen molar-refractivity contribution >= 4 is 40.3 Å². The fourth-order valence-electron chi connectivity index (χ4n) is 8.34. The lowest BCUT2D eigenvalue weighted by molar-refractivity contribution is 0.403. The van der Waals surface area contributed by atoms with Crippen molar-refractivity contribution in [2.75, 3.05) is 4.90 Å². The van der Waals surface area contributed by atoms with Crippen LogP contribution in [0.5, 0.6) is 0 Å². The molecule has 0 radical (unpaired) electrons. The molecule has 0 bridgehead atoms. The third kappa shape index (κ3) is 3.39. The molecule has 0 N–H and O–H groups in total. The van der Waals surface area contributed by atoms with Crippen LogP contribution in [0.3, 0.4) is 0 Å². The Labute approximate surface area is 240 Å². The van der Waals surface area contributed by atoms with Gasteiger partial charge in [-0.15, -0.1) is 0 Å². The molecule has 0 spiro atoms. The van der Waals surface area contributed by atoms with Crippen molar-refractivity contribution < 1.29 is 0 Å². The maximum absolute atomic E-state index is 5.16. The highest BCUT2D eigenvalue weighted by Gasteiger charge is 2.49. The van der Waals surface area contributed by atoms with E-state index < -0.39 is 0 Å². The van der Waals surface area contributed by atoms with Crippen LogP contribution in [0.1, 0.15) is 96.6 Å². The molecule has 0 saturated carbocycles. The van der Waals surface area contributed by atoms with Gasteiger partial charge in [0.1, 0.15) is 5.82 Å². The van der Waals surface area contributed by atoms with E-state index in [2.05, 4.69) is 134 Å². The summed E-state index contributed by atoms with van der Waals surface area (Å²) < 4.78 is 0. The van der Waals surface area contributed by atoms with Crippen molar-refractivity contribution in [3.63, 3.8) is 0 Å². The van der Waals surface area contributed by atoms with E-state index in [1.807, 2.05) is 6.20 Å². The Kier molecular flexibility index (Phi) is 5.06. The molecule has 3 aliphatic rings. The molecule has 202 valence electrons. The third-order valence-corrected chi connectivity index (χ3v) is 10.1. The van der Waals surface area contributed by atoms with E-state index in [9.17, 15) is 0 Å². The summed E-state index contributed by atoms with van der Waals surface area (Å²) in [6, 6.07) is 25.7. The van der Waals surface area contributed by atoms with Crippen molar-refractivity contribution in [3.05, 3.63) is 101 Å². The van der Waals surface area contributed by atoms with Crippen LogP contribution in [0, 0.1) is 0 Å². The Bertz CT molecular complexity index is 1680. The lowest BCUT2D eigenvalue weighted by Crippen LogP contribution is -2.64. The SMILES string of the molecule is CC(C)(C)c1ccc(N2c3cc4c(cc3B3c5ccccc5C(C)(C)c5ccnc2c53)C(C)(C)CC4(C)C)cc1. The van der Waals surface area contributed by atoms with Crippen molar-refractivity contribution in [3.8, 4) is 0 Å². The highest BCUT2D eigenvalue weighted by molar-refractivity contribution is 6.99. The number of benzene rings is 3. The maximum atomic E-state index is 5.16. The average Bonchev–Trinajstić information content (AvgIpc) is 3.07. The summed E-state index contributed by atoms with van der Waals surface area (Å²) in [5, 5.41) is 0. The molecule has 0 fully saturated rings. The molecule has 3 heterocycles. The van der Waals surface area contributed by atoms with Gasteiger partial charge < -0.3 is 0 Å². The van der Waals surface area contributed by atoms with Gasteiger partial charge in [-0.05, 0) is 85.7 Å². The fourth-order valence-corrected chi connectivity index (χ4v) is 8.34. The van der Waals surface area contributed by atoms with Gasteiger partial charge in [0.05, 0.1) is 0 Å². The summed E-state index contributed by atoms with van der Waals surface area (Å²) in [7, 11) is 0. The van der Waals surface area contributed by atoms with Gasteiger partial charge in [-0.25, -0.2) is 4.98 Å². The summed E-state index contributed by atoms with van der Waals surface area (Å²) in [4.78, 5) is 7.62. The molecule has 1 aliphatic carbocycles. The van der Waals surface area contributed by atoms with Crippen molar-refractivity contribution in [2.45, 2.75) is 90.4 Å². The van der Waals surface area contributed by atoms with Gasteiger partial charge in [0.25, 0.3) is 0 Å². The van der Waals surface area contributed by atoms with E-state index in [1.165, 1.54) is 55.6 Å². The molecular formula is C37H41BN2. The average molecular weight is 525 g/mol. The monoisotopic (exact) mass is 524 g/mol. The number of aromatic nitrogens is 1. The Morgan fingerprint density at radius 3 is 2.05 bits per heavy atom. The number of pyridine rings is 1. The molecule has 2 aliphatic heterocycles. The molecule has 3 heteroatoms. The number of anilines is 3. The zero-order valence-electron chi connectivity index (χ0n) is 25.6. The molecule has 40 heavy (non-hydrogen) atoms. The lowest BCUT2D eigenvalue weighted by atomic mass is 9.30. The standard InChI is InChI=1S/C37H41BN2/c1-34(2,3)23-14-16-24(17-15-23)40-31-21-28-27(35(4,5)22-36(28,6)7)20-30(31)38-29-13-11-10-12-25(29)37(8,9)26-18-19-39-33(40)32(26)38/h10-21H,22H2,1-9H3. The van der Waals surface area contributed by atoms with Crippen molar-refractivity contribution in [1.82, 2.24) is 4.98 Å². The maximum Gasteiger partial charge on any atom is 0.249 e. The van der Waals surface area contributed by atoms with Crippen molar-refractivity contribution in [2.24, 2.45) is 0 Å². The molecule has 7 rings (SSSR count). The highest BCUT2D eigenvalue weighted by atomic mass is 15.2. The molecule has 0 saturated heterocycles. The van der Waals surface area contributed by atoms with Crippen LogP contribution < -0.4 is 21.3 Å². The topological polar surface area (TPSA) is 16.1 Å². The molecule has 1 aromatic heterocycles. The number of hydrogen-bond donors (Lipinski definition) is 0. The summed E-state index contributed by atoms with van der Waals surface area (Å²) in [6.45, 7) is 21.5. The van der Waals surface area contributed by atoms with Crippen LogP contribution in [0.25, 0.3) is 0 Å². The first kappa shape index (κ1) is 25.6. The fraction of sp³-hybridized carbons (Fsp3) is 0.378. The van der Waals surface area contributed by atoms with E-state index in [-0.39, 0.29) is 28.4 Å². The van der Waals surface area contributed by atoms with Gasteiger partial charge in [-0.2, -0.15) is 0 Å². The van der Waals surface area contributed by atoms with Crippen LogP contribution in [0.2, 0.25) is 0 Å². The number of hydrogen-bond acceptors (Lipinski definition) is 2. The largest absolute Gasteiger partial charge is 0.296 e. The van der Waals surface area contributed by atoms with Gasteiger partial charge in [-0.1, -0.05) is 110 Å². The molecule has 0 amide bonds. The minimum atomic E-state index is -0.0998. The lowest BCUT2D eigenvalue weighted by Gasteiger charge is -2.45. The van der Waals surface area contributed by atoms with Gasteiger partial charge >= 0.3 is 0 Å². The second kappa shape index (κ2) is 7.90. The van der Waals surface area contributed by atoms with Gasteiger partial charge in [-0.3, -0.25) is 4.90 Å². The molecule has 3 aromatic carbocycles. The van der Waals surface area contributed by atoms with E-state index >= 15 is 0 Å². The van der Waals surface area contributed by atoms with Gasteiger partial charge in [0.2, 0.25) is 6.71 Å². The second-order valence-corrected chi connectivity index (χ2v) is 15.3. The molecule has 4 aromatic rings. The quantitative estimate of drug-likeness (QED) is 0.214. The zero-order valence-corrected chi connectivity index (χ0v) is 25.6. The number of rotatable bonds is 1. The first-order valence-electron chi connectivity index (χ1n) is 14.9. The molecule has 0 unspecified atom stereocenters. The predicted octanol–water partition coefficient (Wildman–Crippen LogP) is 7.28. The van der Waals surface area contributed by atoms with Crippen molar-refractivity contribution in [1.29, 1.82) is 0 Å². The Morgan fingerprint density at radius 1 is 0.725 bits per heavy atom. The Balaban J connectivity index is 1.57. The molecular weight excluding hydrogens is 483 g/mol. The van der Waals surface area contributed by atoms with E-state index in [4.69, 9.17) is 4.98 Å². The van der Waals surface area contributed by atoms with E-state index in [1.54, 1.807) is 0 Å². The summed E-state index contributed by atoms with van der Waals surface area (Å²) in [6.07, 6.45) is 3.19. The Hall–Kier alpha value is -3.33. The first-order chi connectivity index (χ1) is 18.7. The summed E-state index contributed by atoms with van der Waals surface area (Å²) in [5.41, 5.74) is 14.1. The minimum Gasteiger partial charge on any atom is -0.296 e. The van der Waals surface area contributed by atoms with Crippen LogP contribution >= 0.6 is 0 Å². The van der Waals surface area contributed by atoms with E-state index in [0.29, 0.717) is 0 Å². The van der Waals surface area contributed by atoms with Crippen LogP contribution in [0.15, 0.2) is 72.9 Å². The summed E-state index contributed by atoms with van der Waals surface area (Å²) >= 11 is 0. The minimum absolute atomic E-state index is 0.0998. The smallest absolute Gasteiger partial charge is 0.249 e. The summed E-state index contributed by atoms with van der Waals surface area (Å²) in [5.74, 6) is 1.08. The zero-order chi connectivity index (χ0) is 28.4. The second-order valence-electron chi connectivity index (χ2n) is 15.3. The Morgan fingerprint density at radius 2 is 1.38 bits per heavy atom. The van der Waals surface area contributed by atoms with Crippen LogP contribution in [-0.2, 0) is 21.7 Å². The first-order valence-corrected chi connectivity index (χ1v) is 14.9. The van der Waals surface area contributed by atoms with Gasteiger partial charge in [0, 0.05) is 23.0 Å². The van der Waals surface area contributed by atoms with Crippen LogP contribution in [-0.4, -0.2) is 11.7 Å². The van der Waals surface area contributed by atoms with E-state index in [0.717, 1.165) is 12.2 Å². The van der Waals surface area contributed by atoms with Gasteiger partial charge in [0.15, 0.2) is 0 Å². The predicted molar refractivity (Wildman–Crippen MR) is 172 cm³/mol. The molecule has 2 nitrogen and oxygen atoms in total. The normalized spacial score (nSPS) is 19.0. The molecule has 0 atom stereocenters.